The van der Waals surface area contributed by atoms with E-state index in [0.29, 0.717) is 0 Å². The summed E-state index contributed by atoms with van der Waals surface area (Å²) >= 11 is 0. The molecule has 3 aromatic heterocycles. The lowest BCUT2D eigenvalue weighted by Gasteiger charge is -2.35. The van der Waals surface area contributed by atoms with E-state index >= 15 is 0 Å². The van der Waals surface area contributed by atoms with E-state index in [1.807, 2.05) is 41.2 Å². The van der Waals surface area contributed by atoms with Crippen molar-refractivity contribution < 1.29 is 4.42 Å². The molecule has 5 aromatic rings. The van der Waals surface area contributed by atoms with Gasteiger partial charge in [-0.2, -0.15) is 5.10 Å². The highest BCUT2D eigenvalue weighted by molar-refractivity contribution is 5.82. The van der Waals surface area contributed by atoms with Crippen molar-refractivity contribution in [1.82, 2.24) is 19.7 Å². The number of anilines is 1. The second-order valence-corrected chi connectivity index (χ2v) is 8.79. The highest BCUT2D eigenvalue weighted by Crippen LogP contribution is 2.30. The number of hydrogen-bond acceptors (Lipinski definition) is 5. The van der Waals surface area contributed by atoms with Gasteiger partial charge in [-0.3, -0.25) is 9.58 Å². The lowest BCUT2D eigenvalue weighted by atomic mass is 10.1. The summed E-state index contributed by atoms with van der Waals surface area (Å²) < 4.78 is 8.25. The number of para-hydroxylation sites is 1. The summed E-state index contributed by atoms with van der Waals surface area (Å²) in [6.45, 7) is 5.49. The molecule has 0 bridgehead atoms. The van der Waals surface area contributed by atoms with Crippen LogP contribution in [0.4, 0.5) is 5.82 Å². The third kappa shape index (κ3) is 4.32. The highest BCUT2D eigenvalue weighted by Gasteiger charge is 2.22. The Hall–Kier alpha value is -3.90. The minimum atomic E-state index is 0.738. The van der Waals surface area contributed by atoms with Gasteiger partial charge in [-0.15, -0.1) is 0 Å². The first kappa shape index (κ1) is 20.7. The van der Waals surface area contributed by atoms with Crippen LogP contribution in [0.5, 0.6) is 0 Å². The monoisotopic (exact) mass is 449 g/mol. The number of piperazine rings is 1. The lowest BCUT2D eigenvalue weighted by molar-refractivity contribution is 0.249. The molecule has 170 valence electrons. The molecule has 0 radical (unpaired) electrons. The molecule has 6 nitrogen and oxygen atoms in total. The lowest BCUT2D eigenvalue weighted by Crippen LogP contribution is -2.46. The van der Waals surface area contributed by atoms with Crippen LogP contribution in [0.15, 0.2) is 95.7 Å². The van der Waals surface area contributed by atoms with Crippen molar-refractivity contribution in [2.24, 2.45) is 0 Å². The predicted octanol–water partition coefficient (Wildman–Crippen LogP) is 5.06. The zero-order chi connectivity index (χ0) is 22.7. The van der Waals surface area contributed by atoms with Gasteiger partial charge in [-0.1, -0.05) is 54.6 Å². The number of pyridine rings is 1. The van der Waals surface area contributed by atoms with Crippen LogP contribution in [0, 0.1) is 0 Å². The number of rotatable bonds is 6. The average Bonchev–Trinajstić information content (AvgIpc) is 3.49. The third-order valence-electron chi connectivity index (χ3n) is 6.42. The minimum Gasteiger partial charge on any atom is -0.454 e. The van der Waals surface area contributed by atoms with E-state index in [-0.39, 0.29) is 0 Å². The molecule has 0 amide bonds. The van der Waals surface area contributed by atoms with Crippen LogP contribution in [-0.4, -0.2) is 45.8 Å². The molecule has 1 fully saturated rings. The van der Waals surface area contributed by atoms with Gasteiger partial charge in [0, 0.05) is 56.1 Å². The van der Waals surface area contributed by atoms with Crippen molar-refractivity contribution in [3.05, 3.63) is 102 Å². The van der Waals surface area contributed by atoms with Gasteiger partial charge < -0.3 is 9.32 Å². The number of furan rings is 1. The molecular weight excluding hydrogens is 422 g/mol. The Bertz CT molecular complexity index is 1330. The van der Waals surface area contributed by atoms with Crippen molar-refractivity contribution in [2.75, 3.05) is 31.1 Å². The first-order chi connectivity index (χ1) is 16.8. The topological polar surface area (TPSA) is 50.3 Å². The van der Waals surface area contributed by atoms with E-state index in [1.54, 1.807) is 0 Å². The molecule has 0 N–H and O–H groups in total. The van der Waals surface area contributed by atoms with Crippen molar-refractivity contribution in [2.45, 2.75) is 13.1 Å². The number of benzene rings is 2. The Morgan fingerprint density at radius 2 is 1.59 bits per heavy atom. The Morgan fingerprint density at radius 3 is 2.38 bits per heavy atom. The minimum absolute atomic E-state index is 0.738. The maximum atomic E-state index is 6.21. The maximum Gasteiger partial charge on any atom is 0.156 e. The molecule has 6 rings (SSSR count). The van der Waals surface area contributed by atoms with Gasteiger partial charge in [0.05, 0.1) is 6.54 Å². The molecule has 4 heterocycles. The quantitative estimate of drug-likeness (QED) is 0.363. The van der Waals surface area contributed by atoms with E-state index in [1.165, 1.54) is 11.1 Å². The predicted molar refractivity (Wildman–Crippen MR) is 135 cm³/mol. The van der Waals surface area contributed by atoms with Crippen molar-refractivity contribution in [3.63, 3.8) is 0 Å². The zero-order valence-electron chi connectivity index (χ0n) is 19.0. The fourth-order valence-electron chi connectivity index (χ4n) is 4.65. The molecular formula is C28H27N5O. The second-order valence-electron chi connectivity index (χ2n) is 8.79. The third-order valence-corrected chi connectivity index (χ3v) is 6.42. The number of hydrogen-bond donors (Lipinski definition) is 0. The van der Waals surface area contributed by atoms with Crippen molar-refractivity contribution in [1.29, 1.82) is 0 Å². The summed E-state index contributed by atoms with van der Waals surface area (Å²) in [5.74, 6) is 1.89. The molecule has 1 saturated heterocycles. The summed E-state index contributed by atoms with van der Waals surface area (Å²) in [5, 5.41) is 6.08. The molecule has 0 saturated carbocycles. The molecule has 0 unspecified atom stereocenters. The van der Waals surface area contributed by atoms with E-state index < -0.39 is 0 Å². The maximum absolute atomic E-state index is 6.21. The molecule has 0 aliphatic carbocycles. The average molecular weight is 450 g/mol. The Morgan fingerprint density at radius 1 is 0.794 bits per heavy atom. The summed E-state index contributed by atoms with van der Waals surface area (Å²) in [7, 11) is 0. The standard InChI is InChI=1S/C28H27N5O/c1-2-8-22(9-3-1)19-33-21-24(28(30-33)26-18-23-10-4-5-11-25(23)34-26)20-31-14-16-32(17-15-31)27-12-6-7-13-29-27/h1-13,18,21H,14-17,19-20H2. The molecule has 6 heteroatoms. The van der Waals surface area contributed by atoms with Gasteiger partial charge >= 0.3 is 0 Å². The van der Waals surface area contributed by atoms with E-state index in [9.17, 15) is 0 Å². The largest absolute Gasteiger partial charge is 0.454 e. The SMILES string of the molecule is c1ccc(Cn2cc(CN3CCN(c4ccccn4)CC3)c(-c3cc4ccccc4o3)n2)cc1. The number of nitrogens with zero attached hydrogens (tertiary/aromatic N) is 5. The summed E-state index contributed by atoms with van der Waals surface area (Å²) in [6, 6.07) is 26.8. The van der Waals surface area contributed by atoms with Crippen LogP contribution < -0.4 is 4.90 Å². The van der Waals surface area contributed by atoms with E-state index in [2.05, 4.69) is 69.5 Å². The van der Waals surface area contributed by atoms with Crippen molar-refractivity contribution in [3.8, 4) is 11.5 Å². The van der Waals surface area contributed by atoms with Crippen LogP contribution >= 0.6 is 0 Å². The zero-order valence-corrected chi connectivity index (χ0v) is 19.0. The van der Waals surface area contributed by atoms with Gasteiger partial charge in [-0.05, 0) is 29.8 Å². The summed E-state index contributed by atoms with van der Waals surface area (Å²) in [5.41, 5.74) is 4.25. The van der Waals surface area contributed by atoms with Gasteiger partial charge in [0.25, 0.3) is 0 Å². The summed E-state index contributed by atoms with van der Waals surface area (Å²) in [6.07, 6.45) is 4.04. The molecule has 34 heavy (non-hydrogen) atoms. The smallest absolute Gasteiger partial charge is 0.156 e. The van der Waals surface area contributed by atoms with E-state index in [0.717, 1.165) is 67.5 Å². The van der Waals surface area contributed by atoms with Crippen LogP contribution in [0.25, 0.3) is 22.4 Å². The first-order valence-electron chi connectivity index (χ1n) is 11.8. The van der Waals surface area contributed by atoms with E-state index in [4.69, 9.17) is 9.52 Å². The first-order valence-corrected chi connectivity index (χ1v) is 11.8. The summed E-state index contributed by atoms with van der Waals surface area (Å²) in [4.78, 5) is 9.36. The fraction of sp³-hybridized carbons (Fsp3) is 0.214. The van der Waals surface area contributed by atoms with Crippen LogP contribution in [0.1, 0.15) is 11.1 Å². The normalized spacial score (nSPS) is 14.6. The Kier molecular flexibility index (Phi) is 5.57. The second kappa shape index (κ2) is 9.15. The van der Waals surface area contributed by atoms with Gasteiger partial charge in [0.1, 0.15) is 17.1 Å². The van der Waals surface area contributed by atoms with Crippen LogP contribution in [0.2, 0.25) is 0 Å². The molecule has 1 aliphatic heterocycles. The van der Waals surface area contributed by atoms with Gasteiger partial charge in [0.15, 0.2) is 5.76 Å². The van der Waals surface area contributed by atoms with Crippen LogP contribution in [0.3, 0.4) is 0 Å². The molecule has 1 aliphatic rings. The Labute approximate surface area is 199 Å². The number of fused-ring (bicyclic) bond motifs is 1. The fourth-order valence-corrected chi connectivity index (χ4v) is 4.65. The molecule has 2 aromatic carbocycles. The van der Waals surface area contributed by atoms with Crippen LogP contribution in [-0.2, 0) is 13.1 Å². The number of aromatic nitrogens is 3. The Balaban J connectivity index is 1.25. The van der Waals surface area contributed by atoms with Gasteiger partial charge in [0.2, 0.25) is 0 Å². The molecule has 0 spiro atoms. The highest BCUT2D eigenvalue weighted by atomic mass is 16.3. The molecule has 0 atom stereocenters. The van der Waals surface area contributed by atoms with Gasteiger partial charge in [-0.25, -0.2) is 4.98 Å². The van der Waals surface area contributed by atoms with Crippen molar-refractivity contribution >= 4 is 16.8 Å².